The van der Waals surface area contributed by atoms with Gasteiger partial charge in [0.2, 0.25) is 5.95 Å². The van der Waals surface area contributed by atoms with Gasteiger partial charge in [0.05, 0.1) is 37.0 Å². The molecule has 2 N–H and O–H groups in total. The maximum absolute atomic E-state index is 13.1. The average Bonchev–Trinajstić information content (AvgIpc) is 3.52. The van der Waals surface area contributed by atoms with Crippen LogP contribution in [0.25, 0.3) is 17.0 Å². The molecule has 1 aliphatic heterocycles. The highest BCUT2D eigenvalue weighted by molar-refractivity contribution is 6.03. The van der Waals surface area contributed by atoms with Gasteiger partial charge in [-0.3, -0.25) is 14.3 Å². The number of aromatic nitrogens is 5. The molecule has 1 saturated carbocycles. The van der Waals surface area contributed by atoms with Gasteiger partial charge in [0.1, 0.15) is 6.33 Å². The summed E-state index contributed by atoms with van der Waals surface area (Å²) < 4.78 is 13.2. The van der Waals surface area contributed by atoms with E-state index in [0.717, 1.165) is 65.1 Å². The highest BCUT2D eigenvalue weighted by Crippen LogP contribution is 2.22. The Kier molecular flexibility index (Phi) is 6.42. The van der Waals surface area contributed by atoms with Crippen LogP contribution in [-0.4, -0.2) is 86.9 Å². The van der Waals surface area contributed by atoms with Crippen LogP contribution in [0.3, 0.4) is 0 Å². The summed E-state index contributed by atoms with van der Waals surface area (Å²) in [7, 11) is 0. The van der Waals surface area contributed by atoms with E-state index >= 15 is 0 Å². The number of imidazole rings is 1. The van der Waals surface area contributed by atoms with Crippen molar-refractivity contribution in [1.29, 1.82) is 0 Å². The maximum Gasteiger partial charge on any atom is 0.272 e. The van der Waals surface area contributed by atoms with E-state index in [1.54, 1.807) is 29.5 Å². The molecule has 2 aliphatic rings. The molecule has 0 unspecified atom stereocenters. The van der Waals surface area contributed by atoms with Crippen molar-refractivity contribution in [3.8, 4) is 5.95 Å². The number of ether oxygens (including phenoxy) is 2. The van der Waals surface area contributed by atoms with Crippen LogP contribution in [-0.2, 0) is 9.47 Å². The van der Waals surface area contributed by atoms with Crippen LogP contribution in [0.1, 0.15) is 36.2 Å². The lowest BCUT2D eigenvalue weighted by atomic mass is 9.93. The van der Waals surface area contributed by atoms with Crippen LogP contribution < -0.4 is 5.32 Å². The van der Waals surface area contributed by atoms with E-state index in [1.807, 2.05) is 6.07 Å². The van der Waals surface area contributed by atoms with Gasteiger partial charge in [0, 0.05) is 44.3 Å². The van der Waals surface area contributed by atoms with Gasteiger partial charge >= 0.3 is 0 Å². The first-order valence-electron chi connectivity index (χ1n) is 11.3. The molecule has 0 spiro atoms. The molecule has 5 rings (SSSR count). The molecule has 10 heteroatoms. The number of carbonyl (C=O) groups excluding carboxylic acids is 1. The molecule has 4 heterocycles. The third-order valence-electron chi connectivity index (χ3n) is 6.22. The predicted molar refractivity (Wildman–Crippen MR) is 118 cm³/mol. The van der Waals surface area contributed by atoms with Crippen molar-refractivity contribution < 1.29 is 14.3 Å². The van der Waals surface area contributed by atoms with Gasteiger partial charge in [-0.1, -0.05) is 0 Å². The van der Waals surface area contributed by atoms with Gasteiger partial charge in [-0.25, -0.2) is 15.0 Å². The summed E-state index contributed by atoms with van der Waals surface area (Å²) in [5.41, 5.74) is 1.70. The fraction of sp³-hybridized carbons (Fsp3) is 0.545. The molecule has 32 heavy (non-hydrogen) atoms. The molecule has 2 fully saturated rings. The van der Waals surface area contributed by atoms with E-state index in [9.17, 15) is 4.79 Å². The summed E-state index contributed by atoms with van der Waals surface area (Å²) in [4.78, 5) is 31.6. The number of rotatable bonds is 7. The Morgan fingerprint density at radius 3 is 2.84 bits per heavy atom. The summed E-state index contributed by atoms with van der Waals surface area (Å²) in [5, 5.41) is 3.17. The average molecular weight is 440 g/mol. The number of morpholine rings is 1. The van der Waals surface area contributed by atoms with Gasteiger partial charge in [0.25, 0.3) is 5.91 Å². The Hall–Kier alpha value is -2.82. The van der Waals surface area contributed by atoms with Gasteiger partial charge in [-0.05, 0) is 31.7 Å². The van der Waals surface area contributed by atoms with Gasteiger partial charge in [0.15, 0.2) is 5.69 Å². The second kappa shape index (κ2) is 9.76. The van der Waals surface area contributed by atoms with Crippen LogP contribution in [0.4, 0.5) is 0 Å². The second-order valence-electron chi connectivity index (χ2n) is 8.35. The van der Waals surface area contributed by atoms with E-state index in [0.29, 0.717) is 22.7 Å². The lowest BCUT2D eigenvalue weighted by Crippen LogP contribution is -2.41. The number of aromatic amines is 1. The first-order chi connectivity index (χ1) is 15.8. The smallest absolute Gasteiger partial charge is 0.272 e. The molecule has 0 radical (unpaired) electrons. The third-order valence-corrected chi connectivity index (χ3v) is 6.22. The lowest BCUT2D eigenvalue weighted by molar-refractivity contribution is -0.0108. The van der Waals surface area contributed by atoms with Crippen LogP contribution in [0.15, 0.2) is 31.0 Å². The maximum atomic E-state index is 13.1. The summed E-state index contributed by atoms with van der Waals surface area (Å²) >= 11 is 0. The molecule has 10 nitrogen and oxygen atoms in total. The molecule has 1 saturated heterocycles. The predicted octanol–water partition coefficient (Wildman–Crippen LogP) is 1.53. The third kappa shape index (κ3) is 4.82. The Labute approximate surface area is 186 Å². The first-order valence-corrected chi connectivity index (χ1v) is 11.3. The molecule has 0 aromatic carbocycles. The molecule has 170 valence electrons. The van der Waals surface area contributed by atoms with E-state index < -0.39 is 0 Å². The topological polar surface area (TPSA) is 110 Å². The Balaban J connectivity index is 1.15. The number of fused-ring (bicyclic) bond motifs is 1. The highest BCUT2D eigenvalue weighted by atomic mass is 16.5. The van der Waals surface area contributed by atoms with E-state index in [1.165, 1.54) is 0 Å². The molecule has 3 aromatic heterocycles. The van der Waals surface area contributed by atoms with Crippen LogP contribution in [0.5, 0.6) is 0 Å². The Morgan fingerprint density at radius 1 is 1.22 bits per heavy atom. The minimum Gasteiger partial charge on any atom is -0.379 e. The van der Waals surface area contributed by atoms with E-state index in [4.69, 9.17) is 9.47 Å². The normalized spacial score (nSPS) is 22.2. The summed E-state index contributed by atoms with van der Waals surface area (Å²) in [6.07, 6.45) is 10.8. The number of H-pyrrole nitrogens is 1. The van der Waals surface area contributed by atoms with Crippen molar-refractivity contribution >= 4 is 16.9 Å². The standard InChI is InChI=1S/C22H29N7O3/c30-21(20-19-18(5-6-24-19)26-22(27-20)29-8-7-23-15-29)25-16-1-3-17(4-2-16)32-14-11-28-9-12-31-13-10-28/h5-8,15-17,24H,1-4,9-14H2,(H,25,30). The van der Waals surface area contributed by atoms with E-state index in [-0.39, 0.29) is 18.1 Å². The van der Waals surface area contributed by atoms with E-state index in [2.05, 4.69) is 30.2 Å². The number of hydrogen-bond acceptors (Lipinski definition) is 7. The minimum atomic E-state index is -0.182. The molecular formula is C22H29N7O3. The van der Waals surface area contributed by atoms with Crippen molar-refractivity contribution in [2.75, 3.05) is 39.5 Å². The highest BCUT2D eigenvalue weighted by Gasteiger charge is 2.25. The first kappa shape index (κ1) is 21.0. The molecule has 1 amide bonds. The zero-order chi connectivity index (χ0) is 21.8. The molecule has 1 aliphatic carbocycles. The Bertz CT molecular complexity index is 1020. The fourth-order valence-electron chi connectivity index (χ4n) is 4.39. The van der Waals surface area contributed by atoms with Gasteiger partial charge in [-0.2, -0.15) is 0 Å². The second-order valence-corrected chi connectivity index (χ2v) is 8.35. The van der Waals surface area contributed by atoms with Gasteiger partial charge in [-0.15, -0.1) is 0 Å². The molecule has 3 aromatic rings. The summed E-state index contributed by atoms with van der Waals surface area (Å²) in [6, 6.07) is 1.96. The Morgan fingerprint density at radius 2 is 2.06 bits per heavy atom. The summed E-state index contributed by atoms with van der Waals surface area (Å²) in [5.74, 6) is 0.245. The molecular weight excluding hydrogens is 410 g/mol. The molecule has 0 bridgehead atoms. The zero-order valence-electron chi connectivity index (χ0n) is 18.1. The SMILES string of the molecule is O=C(NC1CCC(OCCN2CCOCC2)CC1)c1nc(-n2ccnc2)nc2cc[nH]c12. The van der Waals surface area contributed by atoms with Crippen molar-refractivity contribution in [2.24, 2.45) is 0 Å². The number of hydrogen-bond donors (Lipinski definition) is 2. The zero-order valence-corrected chi connectivity index (χ0v) is 18.1. The van der Waals surface area contributed by atoms with Crippen LogP contribution >= 0.6 is 0 Å². The van der Waals surface area contributed by atoms with Gasteiger partial charge < -0.3 is 19.8 Å². The fourth-order valence-corrected chi connectivity index (χ4v) is 4.39. The number of nitrogens with one attached hydrogen (secondary N) is 2. The largest absolute Gasteiger partial charge is 0.379 e. The van der Waals surface area contributed by atoms with Crippen molar-refractivity contribution in [3.05, 3.63) is 36.7 Å². The number of carbonyl (C=O) groups is 1. The molecule has 0 atom stereocenters. The summed E-state index contributed by atoms with van der Waals surface area (Å²) in [6.45, 7) is 5.32. The van der Waals surface area contributed by atoms with Crippen molar-refractivity contribution in [3.63, 3.8) is 0 Å². The van der Waals surface area contributed by atoms with Crippen molar-refractivity contribution in [2.45, 2.75) is 37.8 Å². The monoisotopic (exact) mass is 439 g/mol. The minimum absolute atomic E-state index is 0.123. The van der Waals surface area contributed by atoms with Crippen LogP contribution in [0.2, 0.25) is 0 Å². The van der Waals surface area contributed by atoms with Crippen molar-refractivity contribution in [1.82, 2.24) is 34.7 Å². The number of nitrogens with zero attached hydrogens (tertiary/aromatic N) is 5. The quantitative estimate of drug-likeness (QED) is 0.574. The number of amides is 1. The van der Waals surface area contributed by atoms with Crippen LogP contribution in [0, 0.1) is 0 Å². The lowest BCUT2D eigenvalue weighted by Gasteiger charge is -2.31.